The summed E-state index contributed by atoms with van der Waals surface area (Å²) in [4.78, 5) is 26.0. The van der Waals surface area contributed by atoms with Gasteiger partial charge in [0.05, 0.1) is 16.8 Å². The van der Waals surface area contributed by atoms with Crippen molar-refractivity contribution in [3.8, 4) is 11.5 Å². The van der Waals surface area contributed by atoms with Gasteiger partial charge in [0, 0.05) is 16.1 Å². The monoisotopic (exact) mass is 451 g/mol. The lowest BCUT2D eigenvalue weighted by Gasteiger charge is -2.21. The first-order valence-electron chi connectivity index (χ1n) is 9.14. The molecule has 5 nitrogen and oxygen atoms in total. The number of rotatable bonds is 4. The van der Waals surface area contributed by atoms with Crippen molar-refractivity contribution in [3.05, 3.63) is 87.4 Å². The maximum atomic E-state index is 13.2. The Morgan fingerprint density at radius 1 is 0.897 bits per heavy atom. The number of fused-ring (bicyclic) bond motifs is 1. The van der Waals surface area contributed by atoms with E-state index in [0.717, 1.165) is 5.56 Å². The smallest absolute Gasteiger partial charge is 0.256 e. The molecule has 1 N–H and O–H groups in total. The van der Waals surface area contributed by atoms with E-state index in [-0.39, 0.29) is 11.7 Å². The number of hydrogen-bond donors (Lipinski definition) is 1. The first kappa shape index (κ1) is 19.2. The number of nitrogens with one attached hydrogen (secondary N) is 1. The van der Waals surface area contributed by atoms with Crippen molar-refractivity contribution in [2.24, 2.45) is 0 Å². The average molecular weight is 452 g/mol. The molecule has 0 fully saturated rings. The molecule has 3 aromatic carbocycles. The largest absolute Gasteiger partial charge is 0.486 e. The fourth-order valence-corrected chi connectivity index (χ4v) is 3.54. The lowest BCUT2D eigenvalue weighted by Crippen LogP contribution is -2.19. The highest BCUT2D eigenvalue weighted by atomic mass is 79.9. The van der Waals surface area contributed by atoms with Crippen molar-refractivity contribution in [2.75, 3.05) is 18.5 Å². The van der Waals surface area contributed by atoms with Gasteiger partial charge in [-0.2, -0.15) is 0 Å². The van der Waals surface area contributed by atoms with Crippen molar-refractivity contribution in [1.29, 1.82) is 0 Å². The second-order valence-corrected chi connectivity index (χ2v) is 7.52. The molecule has 29 heavy (non-hydrogen) atoms. The highest BCUT2D eigenvalue weighted by Crippen LogP contribution is 2.37. The number of anilines is 1. The van der Waals surface area contributed by atoms with E-state index in [0.29, 0.717) is 51.6 Å². The van der Waals surface area contributed by atoms with Crippen molar-refractivity contribution >= 4 is 33.3 Å². The molecular formula is C23H18BrNO4. The van der Waals surface area contributed by atoms with Crippen LogP contribution >= 0.6 is 15.9 Å². The predicted molar refractivity (Wildman–Crippen MR) is 114 cm³/mol. The fourth-order valence-electron chi connectivity index (χ4n) is 3.08. The van der Waals surface area contributed by atoms with Gasteiger partial charge in [0.15, 0.2) is 17.3 Å². The third-order valence-corrected chi connectivity index (χ3v) is 5.30. The second kappa shape index (κ2) is 8.09. The summed E-state index contributed by atoms with van der Waals surface area (Å²) < 4.78 is 11.9. The number of amides is 1. The van der Waals surface area contributed by atoms with Crippen LogP contribution in [0.1, 0.15) is 31.8 Å². The van der Waals surface area contributed by atoms with E-state index in [1.807, 2.05) is 25.1 Å². The summed E-state index contributed by atoms with van der Waals surface area (Å²) in [5.74, 6) is 0.459. The molecule has 0 aliphatic carbocycles. The highest BCUT2D eigenvalue weighted by molar-refractivity contribution is 9.10. The first-order chi connectivity index (χ1) is 14.0. The lowest BCUT2D eigenvalue weighted by molar-refractivity contribution is 0.102. The number of halogens is 1. The van der Waals surface area contributed by atoms with Crippen molar-refractivity contribution < 1.29 is 19.1 Å². The van der Waals surface area contributed by atoms with E-state index in [1.54, 1.807) is 42.5 Å². The normalized spacial score (nSPS) is 12.3. The number of ether oxygens (including phenoxy) is 2. The van der Waals surface area contributed by atoms with Crippen LogP contribution in [-0.2, 0) is 0 Å². The summed E-state index contributed by atoms with van der Waals surface area (Å²) in [6.07, 6.45) is 0. The number of carbonyl (C=O) groups is 2. The number of benzene rings is 3. The molecule has 1 amide bonds. The zero-order chi connectivity index (χ0) is 20.4. The number of carbonyl (C=O) groups excluding carboxylic acids is 2. The maximum absolute atomic E-state index is 13.2. The Labute approximate surface area is 176 Å². The lowest BCUT2D eigenvalue weighted by atomic mass is 9.99. The molecule has 0 spiro atoms. The fraction of sp³-hybridized carbons (Fsp3) is 0.130. The van der Waals surface area contributed by atoms with Crippen LogP contribution in [0.15, 0.2) is 65.1 Å². The van der Waals surface area contributed by atoms with Gasteiger partial charge in [0.1, 0.15) is 13.2 Å². The Morgan fingerprint density at radius 3 is 2.24 bits per heavy atom. The van der Waals surface area contributed by atoms with Crippen LogP contribution in [0.5, 0.6) is 11.5 Å². The minimum Gasteiger partial charge on any atom is -0.486 e. The third kappa shape index (κ3) is 4.03. The molecule has 0 unspecified atom stereocenters. The van der Waals surface area contributed by atoms with E-state index in [4.69, 9.17) is 9.47 Å². The molecular weight excluding hydrogens is 434 g/mol. The predicted octanol–water partition coefficient (Wildman–Crippen LogP) is 5.01. The van der Waals surface area contributed by atoms with Gasteiger partial charge < -0.3 is 14.8 Å². The van der Waals surface area contributed by atoms with Gasteiger partial charge in [-0.1, -0.05) is 42.0 Å². The zero-order valence-electron chi connectivity index (χ0n) is 15.7. The molecule has 1 heterocycles. The van der Waals surface area contributed by atoms with E-state index >= 15 is 0 Å². The SMILES string of the molecule is Cc1ccc(C(=O)c2cc3c(cc2NC(=O)c2ccccc2Br)OCCO3)cc1. The summed E-state index contributed by atoms with van der Waals surface area (Å²) in [6.45, 7) is 2.78. The van der Waals surface area contributed by atoms with E-state index in [2.05, 4.69) is 21.2 Å². The summed E-state index contributed by atoms with van der Waals surface area (Å²) in [7, 11) is 0. The van der Waals surface area contributed by atoms with Crippen LogP contribution < -0.4 is 14.8 Å². The van der Waals surface area contributed by atoms with Crippen LogP contribution in [0, 0.1) is 6.92 Å². The van der Waals surface area contributed by atoms with Gasteiger partial charge in [-0.25, -0.2) is 0 Å². The van der Waals surface area contributed by atoms with Crippen LogP contribution in [0.2, 0.25) is 0 Å². The quantitative estimate of drug-likeness (QED) is 0.566. The molecule has 1 aliphatic heterocycles. The Balaban J connectivity index is 1.75. The molecule has 1 aliphatic rings. The summed E-state index contributed by atoms with van der Waals surface area (Å²) in [5.41, 5.74) is 2.78. The van der Waals surface area contributed by atoms with Crippen LogP contribution in [0.25, 0.3) is 0 Å². The standard InChI is InChI=1S/C23H18BrNO4/c1-14-6-8-15(9-7-14)22(26)17-12-20-21(29-11-10-28-20)13-19(17)25-23(27)16-4-2-3-5-18(16)24/h2-9,12-13H,10-11H2,1H3,(H,25,27). The van der Waals surface area contributed by atoms with Gasteiger partial charge in [0.25, 0.3) is 5.91 Å². The maximum Gasteiger partial charge on any atom is 0.256 e. The first-order valence-corrected chi connectivity index (χ1v) is 9.93. The van der Waals surface area contributed by atoms with Gasteiger partial charge in [-0.15, -0.1) is 0 Å². The van der Waals surface area contributed by atoms with Gasteiger partial charge in [-0.3, -0.25) is 9.59 Å². The Bertz CT molecular complexity index is 1090. The number of hydrogen-bond acceptors (Lipinski definition) is 4. The molecule has 6 heteroatoms. The molecule has 0 bridgehead atoms. The molecule has 4 rings (SSSR count). The molecule has 0 aromatic heterocycles. The van der Waals surface area contributed by atoms with Crippen LogP contribution in [0.4, 0.5) is 5.69 Å². The third-order valence-electron chi connectivity index (χ3n) is 4.61. The molecule has 0 atom stereocenters. The highest BCUT2D eigenvalue weighted by Gasteiger charge is 2.22. The number of ketones is 1. The molecule has 3 aromatic rings. The van der Waals surface area contributed by atoms with E-state index in [9.17, 15) is 9.59 Å². The summed E-state index contributed by atoms with van der Waals surface area (Å²) in [6, 6.07) is 17.7. The molecule has 0 radical (unpaired) electrons. The van der Waals surface area contributed by atoms with Crippen LogP contribution in [0.3, 0.4) is 0 Å². The van der Waals surface area contributed by atoms with Gasteiger partial charge in [0.2, 0.25) is 0 Å². The van der Waals surface area contributed by atoms with Gasteiger partial charge in [-0.05, 0) is 41.1 Å². The molecule has 146 valence electrons. The Morgan fingerprint density at radius 2 is 1.55 bits per heavy atom. The topological polar surface area (TPSA) is 64.6 Å². The summed E-state index contributed by atoms with van der Waals surface area (Å²) in [5, 5.41) is 2.85. The Hall–Kier alpha value is -3.12. The second-order valence-electron chi connectivity index (χ2n) is 6.67. The van der Waals surface area contributed by atoms with Crippen molar-refractivity contribution in [1.82, 2.24) is 0 Å². The number of aryl methyl sites for hydroxylation is 1. The minimum absolute atomic E-state index is 0.204. The van der Waals surface area contributed by atoms with Crippen LogP contribution in [-0.4, -0.2) is 24.9 Å². The van der Waals surface area contributed by atoms with E-state index < -0.39 is 0 Å². The average Bonchev–Trinajstić information content (AvgIpc) is 2.73. The van der Waals surface area contributed by atoms with Gasteiger partial charge >= 0.3 is 0 Å². The molecule has 0 saturated carbocycles. The molecule has 0 saturated heterocycles. The minimum atomic E-state index is -0.327. The van der Waals surface area contributed by atoms with Crippen molar-refractivity contribution in [2.45, 2.75) is 6.92 Å². The summed E-state index contributed by atoms with van der Waals surface area (Å²) >= 11 is 3.39. The van der Waals surface area contributed by atoms with Crippen molar-refractivity contribution in [3.63, 3.8) is 0 Å². The Kier molecular flexibility index (Phi) is 5.36. The van der Waals surface area contributed by atoms with E-state index in [1.165, 1.54) is 0 Å². The zero-order valence-corrected chi connectivity index (χ0v) is 17.3.